The SMILES string of the molecule is Nn1c(CS(=O)(=O)Nc2ccc(Cl)cc2)nnc1CS(=O)(=O)c1cc(-c2ccc(Cl)cc2)n[nH]1. The summed E-state index contributed by atoms with van der Waals surface area (Å²) in [5, 5.41) is 14.8. The lowest BCUT2D eigenvalue weighted by Gasteiger charge is -2.08. The number of nitrogens with one attached hydrogen (secondary N) is 2. The van der Waals surface area contributed by atoms with E-state index in [0.717, 1.165) is 4.68 Å². The number of anilines is 1. The normalized spacial score (nSPS) is 12.1. The Balaban J connectivity index is 1.49. The van der Waals surface area contributed by atoms with E-state index in [1.54, 1.807) is 24.3 Å². The Morgan fingerprint density at radius 1 is 0.882 bits per heavy atom. The van der Waals surface area contributed by atoms with Gasteiger partial charge in [-0.2, -0.15) is 5.10 Å². The zero-order valence-electron chi connectivity index (χ0n) is 17.2. The van der Waals surface area contributed by atoms with Crippen LogP contribution < -0.4 is 10.6 Å². The predicted molar refractivity (Wildman–Crippen MR) is 128 cm³/mol. The highest BCUT2D eigenvalue weighted by atomic mass is 35.5. The topological polar surface area (TPSA) is 166 Å². The zero-order chi connectivity index (χ0) is 24.5. The number of H-pyrrole nitrogens is 1. The van der Waals surface area contributed by atoms with Crippen LogP contribution in [0.1, 0.15) is 11.6 Å². The lowest BCUT2D eigenvalue weighted by molar-refractivity contribution is 0.588. The van der Waals surface area contributed by atoms with Crippen molar-refractivity contribution in [3.63, 3.8) is 0 Å². The summed E-state index contributed by atoms with van der Waals surface area (Å²) in [6, 6.07) is 14.1. The molecule has 0 saturated heterocycles. The van der Waals surface area contributed by atoms with E-state index in [4.69, 9.17) is 29.0 Å². The molecule has 11 nitrogen and oxygen atoms in total. The second-order valence-corrected chi connectivity index (χ2v) is 11.7. The van der Waals surface area contributed by atoms with Crippen molar-refractivity contribution < 1.29 is 16.8 Å². The van der Waals surface area contributed by atoms with E-state index in [1.807, 2.05) is 0 Å². The van der Waals surface area contributed by atoms with Crippen molar-refractivity contribution >= 4 is 48.7 Å². The fourth-order valence-corrected chi connectivity index (χ4v) is 5.46. The molecular weight excluding hydrogens is 525 g/mol. The minimum atomic E-state index is -3.94. The number of nitrogens with zero attached hydrogens (tertiary/aromatic N) is 4. The highest BCUT2D eigenvalue weighted by molar-refractivity contribution is 7.92. The van der Waals surface area contributed by atoms with Crippen LogP contribution in [0.2, 0.25) is 10.0 Å². The van der Waals surface area contributed by atoms with Crippen LogP contribution in [-0.4, -0.2) is 41.9 Å². The van der Waals surface area contributed by atoms with Crippen molar-refractivity contribution in [3.8, 4) is 11.3 Å². The first-order valence-electron chi connectivity index (χ1n) is 9.51. The molecule has 15 heteroatoms. The van der Waals surface area contributed by atoms with Gasteiger partial charge in [0.05, 0.1) is 5.69 Å². The number of rotatable bonds is 8. The van der Waals surface area contributed by atoms with Crippen LogP contribution in [0.25, 0.3) is 11.3 Å². The fraction of sp³-hybridized carbons (Fsp3) is 0.105. The monoisotopic (exact) mass is 541 g/mol. The van der Waals surface area contributed by atoms with Gasteiger partial charge < -0.3 is 5.84 Å². The van der Waals surface area contributed by atoms with Crippen molar-refractivity contribution in [2.24, 2.45) is 0 Å². The van der Waals surface area contributed by atoms with E-state index >= 15 is 0 Å². The molecule has 2 aromatic carbocycles. The summed E-state index contributed by atoms with van der Waals surface area (Å²) in [5.41, 5.74) is 1.38. The van der Waals surface area contributed by atoms with Crippen LogP contribution in [0.15, 0.2) is 59.6 Å². The summed E-state index contributed by atoms with van der Waals surface area (Å²) in [6.45, 7) is 0. The van der Waals surface area contributed by atoms with E-state index < -0.39 is 31.4 Å². The van der Waals surface area contributed by atoms with Crippen molar-refractivity contribution in [1.82, 2.24) is 25.1 Å². The Bertz CT molecular complexity index is 1530. The highest BCUT2D eigenvalue weighted by Crippen LogP contribution is 2.23. The van der Waals surface area contributed by atoms with Gasteiger partial charge in [-0.05, 0) is 36.4 Å². The number of hydrogen-bond acceptors (Lipinski definition) is 8. The third-order valence-corrected chi connectivity index (χ3v) is 7.83. The van der Waals surface area contributed by atoms with Crippen molar-refractivity contribution in [3.05, 3.63) is 76.3 Å². The average molecular weight is 542 g/mol. The molecule has 4 aromatic rings. The van der Waals surface area contributed by atoms with Gasteiger partial charge in [-0.15, -0.1) is 10.2 Å². The van der Waals surface area contributed by atoms with E-state index in [-0.39, 0.29) is 16.7 Å². The fourth-order valence-electron chi connectivity index (χ4n) is 2.94. The molecule has 178 valence electrons. The molecule has 0 aliphatic carbocycles. The Morgan fingerprint density at radius 3 is 2.06 bits per heavy atom. The number of sulfone groups is 1. The Labute approximate surface area is 204 Å². The number of aromatic amines is 1. The summed E-state index contributed by atoms with van der Waals surface area (Å²) >= 11 is 11.7. The van der Waals surface area contributed by atoms with Crippen LogP contribution in [0, 0.1) is 0 Å². The number of sulfonamides is 1. The van der Waals surface area contributed by atoms with Crippen LogP contribution in [0.5, 0.6) is 0 Å². The Hall–Kier alpha value is -3.13. The number of aromatic nitrogens is 5. The van der Waals surface area contributed by atoms with E-state index in [2.05, 4.69) is 25.1 Å². The molecule has 4 N–H and O–H groups in total. The van der Waals surface area contributed by atoms with Gasteiger partial charge >= 0.3 is 0 Å². The van der Waals surface area contributed by atoms with Crippen LogP contribution in [0.4, 0.5) is 5.69 Å². The summed E-state index contributed by atoms with van der Waals surface area (Å²) < 4.78 is 53.8. The Kier molecular flexibility index (Phi) is 6.53. The largest absolute Gasteiger partial charge is 0.336 e. The molecule has 0 fully saturated rings. The number of nitrogens with two attached hydrogens (primary N) is 1. The molecule has 4 rings (SSSR count). The summed E-state index contributed by atoms with van der Waals surface area (Å²) in [4.78, 5) is 0. The standard InChI is InChI=1S/C19H17Cl2N7O4S2/c20-13-3-1-12(2-4-13)16-9-19(26-23-16)33(29,30)10-17-24-25-18(28(17)22)11-34(31,32)27-15-7-5-14(21)6-8-15/h1-9,27H,10-11,22H2,(H,23,26). The molecule has 0 bridgehead atoms. The van der Waals surface area contributed by atoms with Gasteiger partial charge in [0.1, 0.15) is 11.5 Å². The molecule has 0 atom stereocenters. The molecule has 0 aliphatic heterocycles. The van der Waals surface area contributed by atoms with Crippen molar-refractivity contribution in [2.75, 3.05) is 10.6 Å². The first-order valence-corrected chi connectivity index (χ1v) is 13.6. The van der Waals surface area contributed by atoms with Crippen molar-refractivity contribution in [2.45, 2.75) is 16.5 Å². The Morgan fingerprint density at radius 2 is 1.44 bits per heavy atom. The third kappa shape index (κ3) is 5.50. The van der Waals surface area contributed by atoms with E-state index in [0.29, 0.717) is 27.0 Å². The molecule has 2 aromatic heterocycles. The molecule has 34 heavy (non-hydrogen) atoms. The van der Waals surface area contributed by atoms with Gasteiger partial charge in [0.25, 0.3) is 0 Å². The lowest BCUT2D eigenvalue weighted by Crippen LogP contribution is -2.23. The third-order valence-electron chi connectivity index (χ3n) is 4.62. The van der Waals surface area contributed by atoms with E-state index in [9.17, 15) is 16.8 Å². The van der Waals surface area contributed by atoms with Gasteiger partial charge in [-0.3, -0.25) is 9.82 Å². The van der Waals surface area contributed by atoms with E-state index in [1.165, 1.54) is 30.3 Å². The number of benzene rings is 2. The first-order chi connectivity index (χ1) is 16.0. The molecule has 0 aliphatic rings. The average Bonchev–Trinajstić information content (AvgIpc) is 3.39. The maximum Gasteiger partial charge on any atom is 0.240 e. The summed E-state index contributed by atoms with van der Waals surface area (Å²) in [7, 11) is -7.85. The second-order valence-electron chi connectivity index (χ2n) is 7.15. The first kappa shape index (κ1) is 24.0. The molecule has 0 spiro atoms. The predicted octanol–water partition coefficient (Wildman–Crippen LogP) is 2.60. The smallest absolute Gasteiger partial charge is 0.240 e. The minimum absolute atomic E-state index is 0.140. The van der Waals surface area contributed by atoms with Crippen molar-refractivity contribution in [1.29, 1.82) is 0 Å². The highest BCUT2D eigenvalue weighted by Gasteiger charge is 2.25. The minimum Gasteiger partial charge on any atom is -0.336 e. The van der Waals surface area contributed by atoms with Crippen LogP contribution in [0.3, 0.4) is 0 Å². The number of hydrogen-bond donors (Lipinski definition) is 3. The molecule has 2 heterocycles. The van der Waals surface area contributed by atoms with Gasteiger partial charge in [-0.1, -0.05) is 35.3 Å². The summed E-state index contributed by atoms with van der Waals surface area (Å²) in [6.07, 6.45) is 0. The molecule has 0 radical (unpaired) electrons. The van der Waals surface area contributed by atoms with Crippen LogP contribution >= 0.6 is 23.2 Å². The van der Waals surface area contributed by atoms with Gasteiger partial charge in [0.15, 0.2) is 16.7 Å². The van der Waals surface area contributed by atoms with Gasteiger partial charge in [0, 0.05) is 27.4 Å². The second kappa shape index (κ2) is 9.25. The van der Waals surface area contributed by atoms with Crippen LogP contribution in [-0.2, 0) is 31.4 Å². The molecule has 0 amide bonds. The van der Waals surface area contributed by atoms with Gasteiger partial charge in [-0.25, -0.2) is 21.5 Å². The maximum absolute atomic E-state index is 12.8. The zero-order valence-corrected chi connectivity index (χ0v) is 20.3. The maximum atomic E-state index is 12.8. The van der Waals surface area contributed by atoms with Gasteiger partial charge in [0.2, 0.25) is 19.9 Å². The number of nitrogen functional groups attached to an aromatic ring is 1. The molecule has 0 unspecified atom stereocenters. The number of halogens is 2. The molecular formula is C19H17Cl2N7O4S2. The summed E-state index contributed by atoms with van der Waals surface area (Å²) in [5.74, 6) is 4.38. The lowest BCUT2D eigenvalue weighted by atomic mass is 10.2. The molecule has 0 saturated carbocycles. The quantitative estimate of drug-likeness (QED) is 0.286.